The molecule has 1 aliphatic rings. The van der Waals surface area contributed by atoms with Gasteiger partial charge in [0.2, 0.25) is 5.89 Å². The van der Waals surface area contributed by atoms with Crippen LogP contribution in [-0.2, 0) is 5.41 Å². The molecule has 3 nitrogen and oxygen atoms in total. The van der Waals surface area contributed by atoms with Crippen LogP contribution in [-0.4, -0.2) is 10.2 Å². The van der Waals surface area contributed by atoms with Crippen LogP contribution in [0.15, 0.2) is 4.42 Å². The lowest BCUT2D eigenvalue weighted by molar-refractivity contribution is 0.416. The molecule has 0 aliphatic heterocycles. The topological polar surface area (TPSA) is 38.9 Å². The molecule has 0 aromatic carbocycles. The normalized spacial score (nSPS) is 19.5. The molecule has 4 heteroatoms. The maximum absolute atomic E-state index is 5.55. The Morgan fingerprint density at radius 2 is 2.25 bits per heavy atom. The third kappa shape index (κ3) is 1.22. The molecule has 1 saturated carbocycles. The van der Waals surface area contributed by atoms with Crippen molar-refractivity contribution < 1.29 is 4.42 Å². The van der Waals surface area contributed by atoms with Crippen LogP contribution in [0.5, 0.6) is 0 Å². The maximum Gasteiger partial charge on any atom is 0.312 e. The van der Waals surface area contributed by atoms with Crippen LogP contribution in [0.1, 0.15) is 38.5 Å². The Morgan fingerprint density at radius 1 is 1.50 bits per heavy atom. The second-order valence-corrected chi connectivity index (χ2v) is 3.71. The SMILES string of the molecule is CCCC1(c2nnc(Cl)o2)CC1. The number of halogens is 1. The Labute approximate surface area is 76.1 Å². The van der Waals surface area contributed by atoms with E-state index in [1.54, 1.807) is 0 Å². The Kier molecular flexibility index (Phi) is 1.83. The fourth-order valence-electron chi connectivity index (χ4n) is 1.62. The molecule has 2 rings (SSSR count). The van der Waals surface area contributed by atoms with Crippen LogP contribution in [0.4, 0.5) is 0 Å². The molecular formula is C8H11ClN2O. The van der Waals surface area contributed by atoms with Crippen molar-refractivity contribution in [2.24, 2.45) is 0 Å². The average Bonchev–Trinajstić information content (AvgIpc) is 2.69. The number of hydrogen-bond donors (Lipinski definition) is 0. The minimum absolute atomic E-state index is 0.160. The van der Waals surface area contributed by atoms with Crippen molar-refractivity contribution in [3.8, 4) is 0 Å². The molecule has 1 aliphatic carbocycles. The summed E-state index contributed by atoms with van der Waals surface area (Å²) in [5, 5.41) is 7.73. The van der Waals surface area contributed by atoms with E-state index in [-0.39, 0.29) is 10.8 Å². The zero-order valence-electron chi connectivity index (χ0n) is 7.01. The van der Waals surface area contributed by atoms with Crippen LogP contribution < -0.4 is 0 Å². The first kappa shape index (κ1) is 8.05. The largest absolute Gasteiger partial charge is 0.412 e. The first-order valence-corrected chi connectivity index (χ1v) is 4.64. The Morgan fingerprint density at radius 3 is 2.67 bits per heavy atom. The average molecular weight is 187 g/mol. The van der Waals surface area contributed by atoms with Gasteiger partial charge in [-0.1, -0.05) is 18.4 Å². The Hall–Kier alpha value is -0.570. The Balaban J connectivity index is 2.18. The summed E-state index contributed by atoms with van der Waals surface area (Å²) in [7, 11) is 0. The van der Waals surface area contributed by atoms with Crippen molar-refractivity contribution in [3.05, 3.63) is 11.2 Å². The van der Waals surface area contributed by atoms with Crippen molar-refractivity contribution in [1.82, 2.24) is 10.2 Å². The fourth-order valence-corrected chi connectivity index (χ4v) is 1.73. The van der Waals surface area contributed by atoms with Gasteiger partial charge in [0.25, 0.3) is 0 Å². The molecule has 0 unspecified atom stereocenters. The summed E-state index contributed by atoms with van der Waals surface area (Å²) in [6.45, 7) is 2.16. The van der Waals surface area contributed by atoms with Gasteiger partial charge in [-0.3, -0.25) is 0 Å². The number of hydrogen-bond acceptors (Lipinski definition) is 3. The number of rotatable bonds is 3. The van der Waals surface area contributed by atoms with Crippen LogP contribution in [0.3, 0.4) is 0 Å². The van der Waals surface area contributed by atoms with Gasteiger partial charge < -0.3 is 4.42 Å². The van der Waals surface area contributed by atoms with Crippen LogP contribution in [0.25, 0.3) is 0 Å². The highest BCUT2D eigenvalue weighted by atomic mass is 35.5. The first-order valence-electron chi connectivity index (χ1n) is 4.26. The second-order valence-electron chi connectivity index (χ2n) is 3.39. The molecule has 0 saturated heterocycles. The molecule has 1 aromatic heterocycles. The molecule has 0 amide bonds. The minimum Gasteiger partial charge on any atom is -0.412 e. The summed E-state index contributed by atoms with van der Waals surface area (Å²) in [6.07, 6.45) is 4.62. The van der Waals surface area contributed by atoms with E-state index >= 15 is 0 Å². The van der Waals surface area contributed by atoms with Crippen molar-refractivity contribution in [3.63, 3.8) is 0 Å². The fraction of sp³-hybridized carbons (Fsp3) is 0.750. The van der Waals surface area contributed by atoms with Gasteiger partial charge in [-0.05, 0) is 30.9 Å². The van der Waals surface area contributed by atoms with E-state index in [2.05, 4.69) is 17.1 Å². The lowest BCUT2D eigenvalue weighted by atomic mass is 10.0. The van der Waals surface area contributed by atoms with E-state index in [1.807, 2.05) is 0 Å². The minimum atomic E-state index is 0.160. The van der Waals surface area contributed by atoms with E-state index in [0.29, 0.717) is 0 Å². The maximum atomic E-state index is 5.55. The molecule has 0 N–H and O–H groups in total. The lowest BCUT2D eigenvalue weighted by Gasteiger charge is -2.06. The predicted octanol–water partition coefficient (Wildman–Crippen LogP) is 2.55. The molecule has 0 atom stereocenters. The third-order valence-corrected chi connectivity index (χ3v) is 2.59. The number of aromatic nitrogens is 2. The monoisotopic (exact) mass is 186 g/mol. The summed E-state index contributed by atoms with van der Waals surface area (Å²) in [5.74, 6) is 0.731. The van der Waals surface area contributed by atoms with E-state index in [4.69, 9.17) is 16.0 Å². The molecule has 1 heterocycles. The summed E-state index contributed by atoms with van der Waals surface area (Å²) >= 11 is 5.55. The summed E-state index contributed by atoms with van der Waals surface area (Å²) < 4.78 is 5.21. The third-order valence-electron chi connectivity index (χ3n) is 2.44. The van der Waals surface area contributed by atoms with Gasteiger partial charge >= 0.3 is 5.35 Å². The summed E-state index contributed by atoms with van der Waals surface area (Å²) in [5.41, 5.74) is 0.189. The van der Waals surface area contributed by atoms with Gasteiger partial charge in [0.05, 0.1) is 0 Å². The molecule has 0 radical (unpaired) electrons. The molecule has 66 valence electrons. The van der Waals surface area contributed by atoms with Gasteiger partial charge in [0, 0.05) is 5.41 Å². The van der Waals surface area contributed by atoms with Gasteiger partial charge in [-0.25, -0.2) is 0 Å². The van der Waals surface area contributed by atoms with Gasteiger partial charge in [-0.15, -0.1) is 5.10 Å². The molecule has 1 aromatic rings. The van der Waals surface area contributed by atoms with Gasteiger partial charge in [-0.2, -0.15) is 0 Å². The summed E-state index contributed by atoms with van der Waals surface area (Å²) in [4.78, 5) is 0. The molecule has 12 heavy (non-hydrogen) atoms. The van der Waals surface area contributed by atoms with Crippen molar-refractivity contribution in [2.45, 2.75) is 38.0 Å². The summed E-state index contributed by atoms with van der Waals surface area (Å²) in [6, 6.07) is 0. The van der Waals surface area contributed by atoms with E-state index in [9.17, 15) is 0 Å². The van der Waals surface area contributed by atoms with Crippen LogP contribution >= 0.6 is 11.6 Å². The number of nitrogens with zero attached hydrogens (tertiary/aromatic N) is 2. The van der Waals surface area contributed by atoms with Crippen LogP contribution in [0.2, 0.25) is 5.35 Å². The highest BCUT2D eigenvalue weighted by Gasteiger charge is 2.48. The van der Waals surface area contributed by atoms with E-state index in [0.717, 1.165) is 18.7 Å². The van der Waals surface area contributed by atoms with Crippen molar-refractivity contribution in [2.75, 3.05) is 0 Å². The lowest BCUT2D eigenvalue weighted by Crippen LogP contribution is -2.05. The molecule has 1 fully saturated rings. The van der Waals surface area contributed by atoms with Gasteiger partial charge in [0.15, 0.2) is 0 Å². The first-order chi connectivity index (χ1) is 5.77. The quantitative estimate of drug-likeness (QED) is 0.728. The zero-order valence-corrected chi connectivity index (χ0v) is 7.76. The predicted molar refractivity (Wildman–Crippen MR) is 45.1 cm³/mol. The second kappa shape index (κ2) is 2.73. The highest BCUT2D eigenvalue weighted by molar-refractivity contribution is 6.27. The standard InChI is InChI=1S/C8H11ClN2O/c1-2-3-8(4-5-8)6-10-11-7(9)12-6/h2-5H2,1H3. The van der Waals surface area contributed by atoms with Gasteiger partial charge in [0.1, 0.15) is 0 Å². The van der Waals surface area contributed by atoms with E-state index < -0.39 is 0 Å². The molecule has 0 bridgehead atoms. The Bertz CT molecular complexity index is 280. The van der Waals surface area contributed by atoms with Crippen molar-refractivity contribution >= 4 is 11.6 Å². The highest BCUT2D eigenvalue weighted by Crippen LogP contribution is 2.51. The smallest absolute Gasteiger partial charge is 0.312 e. The van der Waals surface area contributed by atoms with Crippen LogP contribution in [0, 0.1) is 0 Å². The molecular weight excluding hydrogens is 176 g/mol. The van der Waals surface area contributed by atoms with E-state index in [1.165, 1.54) is 12.8 Å². The van der Waals surface area contributed by atoms with Crippen molar-refractivity contribution in [1.29, 1.82) is 0 Å². The zero-order chi connectivity index (χ0) is 8.60. The molecule has 0 spiro atoms.